The van der Waals surface area contributed by atoms with Crippen molar-refractivity contribution in [1.29, 1.82) is 0 Å². The van der Waals surface area contributed by atoms with Crippen LogP contribution in [-0.4, -0.2) is 60.6 Å². The van der Waals surface area contributed by atoms with Crippen molar-refractivity contribution in [3.05, 3.63) is 35.7 Å². The van der Waals surface area contributed by atoms with Crippen LogP contribution in [0.4, 0.5) is 5.69 Å². The zero-order valence-electron chi connectivity index (χ0n) is 22.5. The maximum Gasteiger partial charge on any atom is 0.320 e. The van der Waals surface area contributed by atoms with Crippen molar-refractivity contribution in [3.63, 3.8) is 0 Å². The zero-order chi connectivity index (χ0) is 26.5. The van der Waals surface area contributed by atoms with Gasteiger partial charge in [0.15, 0.2) is 0 Å². The number of aryl methyl sites for hydroxylation is 2. The molecule has 1 aliphatic heterocycles. The van der Waals surface area contributed by atoms with Gasteiger partial charge in [-0.15, -0.1) is 5.10 Å². The van der Waals surface area contributed by atoms with Gasteiger partial charge in [-0.1, -0.05) is 18.6 Å². The van der Waals surface area contributed by atoms with E-state index >= 15 is 0 Å². The van der Waals surface area contributed by atoms with Gasteiger partial charge < -0.3 is 14.4 Å². The minimum atomic E-state index is -0.114. The van der Waals surface area contributed by atoms with E-state index in [-0.39, 0.29) is 18.5 Å². The second kappa shape index (κ2) is 11.8. The van der Waals surface area contributed by atoms with Crippen molar-refractivity contribution < 1.29 is 14.3 Å². The van der Waals surface area contributed by atoms with Gasteiger partial charge in [0.2, 0.25) is 0 Å². The third kappa shape index (κ3) is 5.76. The molecule has 3 aromatic rings. The Morgan fingerprint density at radius 1 is 1.11 bits per heavy atom. The lowest BCUT2D eigenvalue weighted by Crippen LogP contribution is -2.37. The summed E-state index contributed by atoms with van der Waals surface area (Å²) >= 11 is 0. The number of anilines is 1. The Balaban J connectivity index is 1.31. The lowest BCUT2D eigenvalue weighted by molar-refractivity contribution is -0.144. The number of carbonyl (C=O) groups excluding carboxylic acids is 1. The Morgan fingerprint density at radius 3 is 2.74 bits per heavy atom. The smallest absolute Gasteiger partial charge is 0.320 e. The first kappa shape index (κ1) is 26.0. The normalized spacial score (nSPS) is 17.8. The summed E-state index contributed by atoms with van der Waals surface area (Å²) in [7, 11) is 1.84. The van der Waals surface area contributed by atoms with Gasteiger partial charge in [0.1, 0.15) is 30.1 Å². The van der Waals surface area contributed by atoms with Gasteiger partial charge in [-0.25, -0.2) is 14.6 Å². The van der Waals surface area contributed by atoms with Crippen molar-refractivity contribution in [3.8, 4) is 17.4 Å². The Labute approximate surface area is 223 Å². The molecule has 1 saturated heterocycles. The summed E-state index contributed by atoms with van der Waals surface area (Å²) in [4.78, 5) is 32.4. The van der Waals surface area contributed by atoms with Gasteiger partial charge in [0.25, 0.3) is 0 Å². The van der Waals surface area contributed by atoms with E-state index in [4.69, 9.17) is 14.5 Å². The van der Waals surface area contributed by atoms with E-state index in [0.717, 1.165) is 73.8 Å². The van der Waals surface area contributed by atoms with Gasteiger partial charge in [0.05, 0.1) is 30.1 Å². The van der Waals surface area contributed by atoms with Crippen LogP contribution in [0.5, 0.6) is 6.01 Å². The molecule has 0 N–H and O–H groups in total. The molecular weight excluding hydrogens is 484 g/mol. The minimum Gasteiger partial charge on any atom is -0.466 e. The molecule has 0 bridgehead atoms. The van der Waals surface area contributed by atoms with Crippen LogP contribution in [-0.2, 0) is 29.6 Å². The molecule has 1 aliphatic carbocycles. The van der Waals surface area contributed by atoms with Crippen LogP contribution in [0.1, 0.15) is 75.5 Å². The third-order valence-corrected chi connectivity index (χ3v) is 7.47. The van der Waals surface area contributed by atoms with Gasteiger partial charge in [-0.2, -0.15) is 9.97 Å². The van der Waals surface area contributed by atoms with Crippen LogP contribution < -0.4 is 9.64 Å². The Kier molecular flexibility index (Phi) is 8.09. The molecule has 4 heterocycles. The molecule has 0 amide bonds. The summed E-state index contributed by atoms with van der Waals surface area (Å²) < 4.78 is 12.8. The summed E-state index contributed by atoms with van der Waals surface area (Å²) in [5, 5.41) is 8.63. The predicted octanol–water partition coefficient (Wildman–Crippen LogP) is 3.64. The van der Waals surface area contributed by atoms with Crippen molar-refractivity contribution in [2.45, 2.75) is 71.3 Å². The first-order valence-corrected chi connectivity index (χ1v) is 13.7. The minimum absolute atomic E-state index is 0.114. The number of carbonyl (C=O) groups is 1. The molecule has 0 aromatic carbocycles. The Bertz CT molecular complexity index is 1260. The molecule has 5 rings (SSSR count). The summed E-state index contributed by atoms with van der Waals surface area (Å²) in [6.07, 6.45) is 8.29. The SMILES string of the molecule is CCOC(=O)C[C@H]1CCCN(c2ccc(-c3nnn(C)c3COc3ncnc(C4CCC4)n3)nc2CC)C1. The highest BCUT2D eigenvalue weighted by molar-refractivity contribution is 5.70. The third-order valence-electron chi connectivity index (χ3n) is 7.47. The number of ether oxygens (including phenoxy) is 2. The topological polar surface area (TPSA) is 121 Å². The van der Waals surface area contributed by atoms with E-state index in [1.165, 1.54) is 12.7 Å². The van der Waals surface area contributed by atoms with Crippen LogP contribution in [0.3, 0.4) is 0 Å². The highest BCUT2D eigenvalue weighted by Crippen LogP contribution is 2.34. The highest BCUT2D eigenvalue weighted by atomic mass is 16.5. The lowest BCUT2D eigenvalue weighted by atomic mass is 9.85. The molecule has 0 unspecified atom stereocenters. The summed E-state index contributed by atoms with van der Waals surface area (Å²) in [6, 6.07) is 4.42. The predicted molar refractivity (Wildman–Crippen MR) is 141 cm³/mol. The van der Waals surface area contributed by atoms with Gasteiger partial charge >= 0.3 is 12.0 Å². The van der Waals surface area contributed by atoms with Crippen LogP contribution >= 0.6 is 0 Å². The van der Waals surface area contributed by atoms with Crippen molar-refractivity contribution in [2.24, 2.45) is 13.0 Å². The van der Waals surface area contributed by atoms with Crippen LogP contribution in [0.2, 0.25) is 0 Å². The van der Waals surface area contributed by atoms with E-state index in [1.807, 2.05) is 20.0 Å². The molecule has 11 nitrogen and oxygen atoms in total. The average molecular weight is 521 g/mol. The number of esters is 1. The summed E-state index contributed by atoms with van der Waals surface area (Å²) in [5.74, 6) is 1.38. The van der Waals surface area contributed by atoms with E-state index in [9.17, 15) is 4.79 Å². The van der Waals surface area contributed by atoms with E-state index in [2.05, 4.69) is 43.2 Å². The number of hydrogen-bond donors (Lipinski definition) is 0. The molecule has 38 heavy (non-hydrogen) atoms. The first-order chi connectivity index (χ1) is 18.6. The highest BCUT2D eigenvalue weighted by Gasteiger charge is 2.26. The number of rotatable bonds is 10. The number of hydrogen-bond acceptors (Lipinski definition) is 10. The van der Waals surface area contributed by atoms with Crippen LogP contribution in [0.15, 0.2) is 18.5 Å². The molecule has 0 spiro atoms. The zero-order valence-corrected chi connectivity index (χ0v) is 22.5. The number of nitrogens with zero attached hydrogens (tertiary/aromatic N) is 8. The van der Waals surface area contributed by atoms with Gasteiger partial charge in [-0.3, -0.25) is 4.79 Å². The Morgan fingerprint density at radius 2 is 1.97 bits per heavy atom. The molecule has 202 valence electrons. The van der Waals surface area contributed by atoms with Crippen LogP contribution in [0, 0.1) is 5.92 Å². The largest absolute Gasteiger partial charge is 0.466 e. The lowest BCUT2D eigenvalue weighted by Gasteiger charge is -2.35. The molecule has 3 aromatic heterocycles. The fourth-order valence-corrected chi connectivity index (χ4v) is 5.18. The quantitative estimate of drug-likeness (QED) is 0.366. The molecule has 2 aliphatic rings. The monoisotopic (exact) mass is 520 g/mol. The molecule has 1 atom stereocenters. The fraction of sp³-hybridized carbons (Fsp3) is 0.593. The summed E-state index contributed by atoms with van der Waals surface area (Å²) in [5.41, 5.74) is 4.34. The average Bonchev–Trinajstić information content (AvgIpc) is 3.26. The van der Waals surface area contributed by atoms with Gasteiger partial charge in [0, 0.05) is 26.1 Å². The first-order valence-electron chi connectivity index (χ1n) is 13.7. The van der Waals surface area contributed by atoms with Gasteiger partial charge in [-0.05, 0) is 57.1 Å². The van der Waals surface area contributed by atoms with E-state index < -0.39 is 0 Å². The number of piperidine rings is 1. The van der Waals surface area contributed by atoms with Crippen molar-refractivity contribution in [2.75, 3.05) is 24.6 Å². The maximum atomic E-state index is 12.0. The van der Waals surface area contributed by atoms with Crippen molar-refractivity contribution in [1.82, 2.24) is 34.9 Å². The summed E-state index contributed by atoms with van der Waals surface area (Å²) in [6.45, 7) is 6.38. The fourth-order valence-electron chi connectivity index (χ4n) is 5.18. The Hall–Kier alpha value is -3.63. The van der Waals surface area contributed by atoms with E-state index in [1.54, 1.807) is 4.68 Å². The molecule has 11 heteroatoms. The number of aromatic nitrogens is 7. The molecule has 1 saturated carbocycles. The van der Waals surface area contributed by atoms with E-state index in [0.29, 0.717) is 30.7 Å². The second-order valence-corrected chi connectivity index (χ2v) is 10.0. The maximum absolute atomic E-state index is 12.0. The molecule has 0 radical (unpaired) electrons. The second-order valence-electron chi connectivity index (χ2n) is 10.0. The molecule has 2 fully saturated rings. The van der Waals surface area contributed by atoms with Crippen molar-refractivity contribution >= 4 is 11.7 Å². The number of pyridine rings is 1. The van der Waals surface area contributed by atoms with Crippen LogP contribution in [0.25, 0.3) is 11.4 Å². The molecular formula is C27H36N8O3. The standard InChI is InChI=1S/C27H36N8O3/c1-4-20-22(35-13-7-8-18(15-35)14-24(36)37-5-2)12-11-21(30-20)25-23(34(3)33-32-25)16-38-27-29-17-28-26(31-27)19-9-6-10-19/h11-12,17-19H,4-10,13-16H2,1-3H3/t18-/m1/s1.